The van der Waals surface area contributed by atoms with Gasteiger partial charge in [-0.2, -0.15) is 0 Å². The second-order valence-corrected chi connectivity index (χ2v) is 8.46. The second-order valence-electron chi connectivity index (χ2n) is 6.32. The molecule has 1 aromatic carbocycles. The van der Waals surface area contributed by atoms with Gasteiger partial charge in [-0.25, -0.2) is 22.2 Å². The number of benzene rings is 1. The highest BCUT2D eigenvalue weighted by Crippen LogP contribution is 2.24. The van der Waals surface area contributed by atoms with Gasteiger partial charge < -0.3 is 9.64 Å². The first-order valence-corrected chi connectivity index (χ1v) is 10.2. The van der Waals surface area contributed by atoms with Crippen LogP contribution in [0.5, 0.6) is 5.75 Å². The molecular formula is C17H19F2N3O3S. The molecule has 0 saturated carbocycles. The Morgan fingerprint density at radius 3 is 2.50 bits per heavy atom. The van der Waals surface area contributed by atoms with Gasteiger partial charge in [0.15, 0.2) is 21.4 Å². The smallest absolute Gasteiger partial charge is 0.167 e. The second kappa shape index (κ2) is 7.53. The normalized spacial score (nSPS) is 15.9. The molecule has 1 fully saturated rings. The van der Waals surface area contributed by atoms with Crippen molar-refractivity contribution in [3.8, 4) is 5.75 Å². The van der Waals surface area contributed by atoms with Crippen molar-refractivity contribution in [1.82, 2.24) is 9.97 Å². The topological polar surface area (TPSA) is 72.4 Å². The Labute approximate surface area is 150 Å². The van der Waals surface area contributed by atoms with Crippen LogP contribution in [-0.4, -0.2) is 43.8 Å². The van der Waals surface area contributed by atoms with Gasteiger partial charge in [0.25, 0.3) is 0 Å². The van der Waals surface area contributed by atoms with E-state index >= 15 is 0 Å². The Bertz CT molecular complexity index is 867. The number of rotatable bonds is 5. The van der Waals surface area contributed by atoms with Crippen LogP contribution < -0.4 is 9.64 Å². The van der Waals surface area contributed by atoms with Gasteiger partial charge in [0.1, 0.15) is 17.7 Å². The molecule has 1 aliphatic rings. The number of halogens is 2. The van der Waals surface area contributed by atoms with Gasteiger partial charge in [0.2, 0.25) is 0 Å². The van der Waals surface area contributed by atoms with Gasteiger partial charge in [-0.1, -0.05) is 0 Å². The summed E-state index contributed by atoms with van der Waals surface area (Å²) in [6.45, 7) is 1.29. The third-order valence-electron chi connectivity index (χ3n) is 4.06. The van der Waals surface area contributed by atoms with E-state index in [1.807, 2.05) is 4.90 Å². The third kappa shape index (κ3) is 4.87. The van der Waals surface area contributed by atoms with Crippen molar-refractivity contribution in [1.29, 1.82) is 0 Å². The lowest BCUT2D eigenvalue weighted by Gasteiger charge is -2.32. The molecule has 0 bridgehead atoms. The SMILES string of the molecule is CS(=O)(=O)Cc1cnc(N2CCC(Oc3ccc(F)cc3F)CC2)cn1. The zero-order chi connectivity index (χ0) is 18.7. The largest absolute Gasteiger partial charge is 0.487 e. The monoisotopic (exact) mass is 383 g/mol. The van der Waals surface area contributed by atoms with Crippen molar-refractivity contribution >= 4 is 15.7 Å². The number of piperidine rings is 1. The van der Waals surface area contributed by atoms with Gasteiger partial charge in [-0.15, -0.1) is 0 Å². The minimum absolute atomic E-state index is 0.0507. The fourth-order valence-electron chi connectivity index (χ4n) is 2.81. The molecule has 0 atom stereocenters. The average molecular weight is 383 g/mol. The molecule has 9 heteroatoms. The Balaban J connectivity index is 1.56. The molecule has 0 N–H and O–H groups in total. The summed E-state index contributed by atoms with van der Waals surface area (Å²) in [6, 6.07) is 3.27. The van der Waals surface area contributed by atoms with E-state index < -0.39 is 21.5 Å². The van der Waals surface area contributed by atoms with Gasteiger partial charge in [0, 0.05) is 38.3 Å². The van der Waals surface area contributed by atoms with E-state index in [-0.39, 0.29) is 17.6 Å². The minimum atomic E-state index is -3.14. The van der Waals surface area contributed by atoms with Gasteiger partial charge in [0.05, 0.1) is 23.8 Å². The summed E-state index contributed by atoms with van der Waals surface area (Å²) in [6.07, 6.45) is 5.32. The minimum Gasteiger partial charge on any atom is -0.487 e. The summed E-state index contributed by atoms with van der Waals surface area (Å²) < 4.78 is 54.8. The number of hydrogen-bond donors (Lipinski definition) is 0. The van der Waals surface area contributed by atoms with Crippen LogP contribution in [0.15, 0.2) is 30.6 Å². The van der Waals surface area contributed by atoms with E-state index in [2.05, 4.69) is 9.97 Å². The first-order valence-electron chi connectivity index (χ1n) is 8.15. The van der Waals surface area contributed by atoms with E-state index in [1.54, 1.807) is 6.20 Å². The molecule has 6 nitrogen and oxygen atoms in total. The maximum absolute atomic E-state index is 13.7. The molecule has 3 rings (SSSR count). The molecule has 26 heavy (non-hydrogen) atoms. The van der Waals surface area contributed by atoms with Gasteiger partial charge >= 0.3 is 0 Å². The van der Waals surface area contributed by atoms with Crippen LogP contribution in [0.1, 0.15) is 18.5 Å². The van der Waals surface area contributed by atoms with E-state index in [0.717, 1.165) is 12.3 Å². The molecule has 0 aliphatic carbocycles. The highest BCUT2D eigenvalue weighted by atomic mass is 32.2. The molecule has 0 spiro atoms. The number of ether oxygens (including phenoxy) is 1. The van der Waals surface area contributed by atoms with Crippen molar-refractivity contribution in [2.24, 2.45) is 0 Å². The predicted octanol–water partition coefficient (Wildman–Crippen LogP) is 2.35. The molecule has 0 unspecified atom stereocenters. The van der Waals surface area contributed by atoms with Crippen LogP contribution in [-0.2, 0) is 15.6 Å². The zero-order valence-corrected chi connectivity index (χ0v) is 15.0. The standard InChI is InChI=1S/C17H19F2N3O3S/c1-26(23,24)11-13-9-21-17(10-20-13)22-6-4-14(5-7-22)25-16-3-2-12(18)8-15(16)19/h2-3,8-10,14H,4-7,11H2,1H3. The maximum Gasteiger partial charge on any atom is 0.167 e. The number of anilines is 1. The molecule has 0 radical (unpaired) electrons. The Hall–Kier alpha value is -2.29. The van der Waals surface area contributed by atoms with E-state index in [0.29, 0.717) is 37.4 Å². The summed E-state index contributed by atoms with van der Waals surface area (Å²) in [5.41, 5.74) is 0.404. The molecule has 1 aliphatic heterocycles. The molecule has 2 heterocycles. The summed E-state index contributed by atoms with van der Waals surface area (Å²) in [5, 5.41) is 0. The van der Waals surface area contributed by atoms with Crippen molar-refractivity contribution < 1.29 is 21.9 Å². The highest BCUT2D eigenvalue weighted by molar-refractivity contribution is 7.89. The lowest BCUT2D eigenvalue weighted by molar-refractivity contribution is 0.163. The average Bonchev–Trinajstić information content (AvgIpc) is 2.57. The summed E-state index contributed by atoms with van der Waals surface area (Å²) >= 11 is 0. The molecule has 0 amide bonds. The summed E-state index contributed by atoms with van der Waals surface area (Å²) in [7, 11) is -3.14. The van der Waals surface area contributed by atoms with Crippen molar-refractivity contribution in [2.45, 2.75) is 24.7 Å². The van der Waals surface area contributed by atoms with E-state index in [1.165, 1.54) is 18.3 Å². The van der Waals surface area contributed by atoms with Crippen LogP contribution in [0.3, 0.4) is 0 Å². The Morgan fingerprint density at radius 2 is 1.92 bits per heavy atom. The fraction of sp³-hybridized carbons (Fsp3) is 0.412. The molecule has 1 saturated heterocycles. The first kappa shape index (κ1) is 18.5. The third-order valence-corrected chi connectivity index (χ3v) is 4.88. The van der Waals surface area contributed by atoms with E-state index in [9.17, 15) is 17.2 Å². The van der Waals surface area contributed by atoms with Crippen molar-refractivity contribution in [2.75, 3.05) is 24.2 Å². The first-order chi connectivity index (χ1) is 12.3. The number of hydrogen-bond acceptors (Lipinski definition) is 6. The Morgan fingerprint density at radius 1 is 1.19 bits per heavy atom. The van der Waals surface area contributed by atoms with Crippen LogP contribution in [0.4, 0.5) is 14.6 Å². The van der Waals surface area contributed by atoms with Crippen LogP contribution in [0.25, 0.3) is 0 Å². The van der Waals surface area contributed by atoms with Crippen molar-refractivity contribution in [3.63, 3.8) is 0 Å². The summed E-state index contributed by atoms with van der Waals surface area (Å²) in [4.78, 5) is 10.4. The quantitative estimate of drug-likeness (QED) is 0.789. The Kier molecular flexibility index (Phi) is 5.36. The lowest BCUT2D eigenvalue weighted by atomic mass is 10.1. The number of sulfone groups is 1. The van der Waals surface area contributed by atoms with Gasteiger partial charge in [-0.3, -0.25) is 4.98 Å². The molecule has 2 aromatic rings. The number of nitrogens with zero attached hydrogens (tertiary/aromatic N) is 3. The lowest BCUT2D eigenvalue weighted by Crippen LogP contribution is -2.38. The van der Waals surface area contributed by atoms with E-state index in [4.69, 9.17) is 4.74 Å². The predicted molar refractivity (Wildman–Crippen MR) is 92.8 cm³/mol. The van der Waals surface area contributed by atoms with Crippen molar-refractivity contribution in [3.05, 3.63) is 47.9 Å². The van der Waals surface area contributed by atoms with Crippen LogP contribution >= 0.6 is 0 Å². The molecule has 1 aromatic heterocycles. The van der Waals surface area contributed by atoms with Gasteiger partial charge in [-0.05, 0) is 12.1 Å². The maximum atomic E-state index is 13.7. The number of aromatic nitrogens is 2. The fourth-order valence-corrected chi connectivity index (χ4v) is 3.49. The van der Waals surface area contributed by atoms with Crippen LogP contribution in [0, 0.1) is 11.6 Å². The highest BCUT2D eigenvalue weighted by Gasteiger charge is 2.23. The zero-order valence-electron chi connectivity index (χ0n) is 14.2. The molecule has 140 valence electrons. The molecular weight excluding hydrogens is 364 g/mol. The summed E-state index contributed by atoms with van der Waals surface area (Å²) in [5.74, 6) is -0.773. The van der Waals surface area contributed by atoms with Crippen LogP contribution in [0.2, 0.25) is 0 Å².